The first kappa shape index (κ1) is 20.5. The van der Waals surface area contributed by atoms with E-state index in [4.69, 9.17) is 17.0 Å². The third kappa shape index (κ3) is 6.40. The molecule has 0 aliphatic heterocycles. The molecule has 0 unspecified atom stereocenters. The highest BCUT2D eigenvalue weighted by Gasteiger charge is 2.10. The molecule has 3 aromatic rings. The maximum Gasteiger partial charge on any atom is 0.306 e. The number of ether oxygens (including phenoxy) is 1. The van der Waals surface area contributed by atoms with E-state index < -0.39 is 5.97 Å². The van der Waals surface area contributed by atoms with Crippen molar-refractivity contribution in [2.45, 2.75) is 19.3 Å². The molecule has 2 N–H and O–H groups in total. The van der Waals surface area contributed by atoms with Crippen LogP contribution in [0.2, 0.25) is 0 Å². The fourth-order valence-electron chi connectivity index (χ4n) is 2.89. The molecule has 3 aromatic carbocycles. The van der Waals surface area contributed by atoms with Gasteiger partial charge in [0, 0.05) is 23.9 Å². The van der Waals surface area contributed by atoms with E-state index in [1.54, 1.807) is 0 Å². The first-order valence-electron chi connectivity index (χ1n) is 9.40. The molecule has 0 radical (unpaired) electrons. The zero-order valence-corrected chi connectivity index (χ0v) is 16.7. The average molecular weight is 407 g/mol. The lowest BCUT2D eigenvalue weighted by atomic mass is 10.1. The molecule has 148 valence electrons. The van der Waals surface area contributed by atoms with Crippen LogP contribution in [0.1, 0.15) is 18.4 Å². The third-order valence-electron chi connectivity index (χ3n) is 4.34. The van der Waals surface area contributed by atoms with E-state index in [1.165, 1.54) is 0 Å². The largest absolute Gasteiger partial charge is 0.465 e. The van der Waals surface area contributed by atoms with Gasteiger partial charge in [-0.3, -0.25) is 9.59 Å². The Labute approximate surface area is 175 Å². The van der Waals surface area contributed by atoms with Crippen LogP contribution in [-0.4, -0.2) is 23.6 Å². The van der Waals surface area contributed by atoms with Gasteiger partial charge < -0.3 is 15.4 Å². The molecule has 0 saturated heterocycles. The van der Waals surface area contributed by atoms with Crippen molar-refractivity contribution in [1.82, 2.24) is 5.32 Å². The van der Waals surface area contributed by atoms with Gasteiger partial charge >= 0.3 is 5.97 Å². The Kier molecular flexibility index (Phi) is 7.30. The van der Waals surface area contributed by atoms with Crippen LogP contribution >= 0.6 is 12.2 Å². The Morgan fingerprint density at radius 3 is 2.41 bits per heavy atom. The van der Waals surface area contributed by atoms with Crippen molar-refractivity contribution in [2.24, 2.45) is 0 Å². The Morgan fingerprint density at radius 2 is 1.59 bits per heavy atom. The number of rotatable bonds is 7. The Bertz CT molecular complexity index is 1000. The normalized spacial score (nSPS) is 10.3. The number of carbonyl (C=O) groups excluding carboxylic acids is 2. The monoisotopic (exact) mass is 406 g/mol. The average Bonchev–Trinajstić information content (AvgIpc) is 2.73. The minimum absolute atomic E-state index is 0.0114. The summed E-state index contributed by atoms with van der Waals surface area (Å²) in [6.07, 6.45) is 0.677. The predicted molar refractivity (Wildman–Crippen MR) is 119 cm³/mol. The van der Waals surface area contributed by atoms with E-state index in [2.05, 4.69) is 10.6 Å². The number of amides is 1. The van der Waals surface area contributed by atoms with Crippen LogP contribution in [0.25, 0.3) is 10.8 Å². The Balaban J connectivity index is 1.39. The summed E-state index contributed by atoms with van der Waals surface area (Å²) in [6.45, 7) is 0.297. The van der Waals surface area contributed by atoms with Crippen molar-refractivity contribution in [3.63, 3.8) is 0 Å². The van der Waals surface area contributed by atoms with Gasteiger partial charge in [0.1, 0.15) is 0 Å². The van der Waals surface area contributed by atoms with E-state index in [9.17, 15) is 9.59 Å². The fraction of sp³-hybridized carbons (Fsp3) is 0.174. The minimum atomic E-state index is -0.399. The molecule has 0 atom stereocenters. The summed E-state index contributed by atoms with van der Waals surface area (Å²) in [7, 11) is 0. The summed E-state index contributed by atoms with van der Waals surface area (Å²) in [6, 6.07) is 23.5. The molecule has 0 heterocycles. The van der Waals surface area contributed by atoms with Gasteiger partial charge in [-0.05, 0) is 29.2 Å². The second-order valence-corrected chi connectivity index (χ2v) is 6.89. The lowest BCUT2D eigenvalue weighted by Gasteiger charge is -2.12. The summed E-state index contributed by atoms with van der Waals surface area (Å²) in [5.41, 5.74) is 1.91. The van der Waals surface area contributed by atoms with E-state index in [1.807, 2.05) is 72.8 Å². The molecule has 6 heteroatoms. The topological polar surface area (TPSA) is 67.4 Å². The van der Waals surface area contributed by atoms with Gasteiger partial charge in [-0.2, -0.15) is 0 Å². The lowest BCUT2D eigenvalue weighted by molar-refractivity contribution is -0.144. The first-order chi connectivity index (χ1) is 14.1. The van der Waals surface area contributed by atoms with Gasteiger partial charge in [0.05, 0.1) is 13.0 Å². The molecular weight excluding hydrogens is 384 g/mol. The molecule has 0 aliphatic rings. The van der Waals surface area contributed by atoms with E-state index in [0.717, 1.165) is 22.0 Å². The van der Waals surface area contributed by atoms with Crippen LogP contribution in [-0.2, 0) is 20.7 Å². The van der Waals surface area contributed by atoms with E-state index in [0.29, 0.717) is 13.0 Å². The Hall–Kier alpha value is -3.25. The number of hydrogen-bond acceptors (Lipinski definition) is 4. The highest BCUT2D eigenvalue weighted by Crippen LogP contribution is 2.22. The molecule has 0 aliphatic carbocycles. The molecule has 29 heavy (non-hydrogen) atoms. The van der Waals surface area contributed by atoms with Gasteiger partial charge in [-0.25, -0.2) is 0 Å². The molecule has 0 bridgehead atoms. The summed E-state index contributed by atoms with van der Waals surface area (Å²) < 4.78 is 5.18. The van der Waals surface area contributed by atoms with Crippen LogP contribution < -0.4 is 10.6 Å². The third-order valence-corrected chi connectivity index (χ3v) is 4.55. The zero-order valence-electron chi connectivity index (χ0n) is 15.9. The van der Waals surface area contributed by atoms with Crippen molar-refractivity contribution >= 4 is 45.7 Å². The first-order valence-corrected chi connectivity index (χ1v) is 9.81. The van der Waals surface area contributed by atoms with Crippen molar-refractivity contribution in [3.05, 3.63) is 78.4 Å². The summed E-state index contributed by atoms with van der Waals surface area (Å²) >= 11 is 5.22. The van der Waals surface area contributed by atoms with E-state index in [-0.39, 0.29) is 23.9 Å². The van der Waals surface area contributed by atoms with Crippen molar-refractivity contribution in [3.8, 4) is 0 Å². The zero-order chi connectivity index (χ0) is 20.5. The number of thiocarbonyl (C=S) groups is 1. The highest BCUT2D eigenvalue weighted by atomic mass is 32.1. The molecule has 0 spiro atoms. The van der Waals surface area contributed by atoms with Gasteiger partial charge in [-0.15, -0.1) is 0 Å². The standard InChI is InChI=1S/C23H22N2O3S/c26-21(13-14-22(27)28-16-15-17-7-2-1-3-8-17)25-23(29)24-20-12-6-10-18-9-4-5-11-19(18)20/h1-12H,13-16H2,(H2,24,25,26,29). The number of hydrogen-bond donors (Lipinski definition) is 2. The van der Waals surface area contributed by atoms with E-state index >= 15 is 0 Å². The second-order valence-electron chi connectivity index (χ2n) is 6.49. The molecule has 0 fully saturated rings. The molecular formula is C23H22N2O3S. The molecule has 1 amide bonds. The molecule has 5 nitrogen and oxygen atoms in total. The SMILES string of the molecule is O=C(CCC(=O)OCCc1ccccc1)NC(=S)Nc1cccc2ccccc12. The van der Waals surface area contributed by atoms with Crippen molar-refractivity contribution in [2.75, 3.05) is 11.9 Å². The van der Waals surface area contributed by atoms with Gasteiger partial charge in [0.2, 0.25) is 5.91 Å². The van der Waals surface area contributed by atoms with Crippen LogP contribution in [0, 0.1) is 0 Å². The van der Waals surface area contributed by atoms with Crippen molar-refractivity contribution < 1.29 is 14.3 Å². The summed E-state index contributed by atoms with van der Waals surface area (Å²) in [4.78, 5) is 23.9. The number of anilines is 1. The molecule has 0 aromatic heterocycles. The minimum Gasteiger partial charge on any atom is -0.465 e. The second kappa shape index (κ2) is 10.3. The van der Waals surface area contributed by atoms with Crippen LogP contribution in [0.15, 0.2) is 72.8 Å². The quantitative estimate of drug-likeness (QED) is 0.454. The number of nitrogens with one attached hydrogen (secondary N) is 2. The fourth-order valence-corrected chi connectivity index (χ4v) is 3.12. The van der Waals surface area contributed by atoms with Crippen LogP contribution in [0.5, 0.6) is 0 Å². The number of benzene rings is 3. The molecule has 0 saturated carbocycles. The van der Waals surface area contributed by atoms with Gasteiger partial charge in [0.15, 0.2) is 5.11 Å². The van der Waals surface area contributed by atoms with Crippen molar-refractivity contribution in [1.29, 1.82) is 0 Å². The molecule has 3 rings (SSSR count). The summed E-state index contributed by atoms with van der Waals surface area (Å²) in [5, 5.41) is 7.92. The maximum absolute atomic E-state index is 12.1. The van der Waals surface area contributed by atoms with Crippen LogP contribution in [0.3, 0.4) is 0 Å². The number of esters is 1. The predicted octanol–water partition coefficient (Wildman–Crippen LogP) is 4.22. The highest BCUT2D eigenvalue weighted by molar-refractivity contribution is 7.80. The number of carbonyl (C=O) groups is 2. The van der Waals surface area contributed by atoms with Gasteiger partial charge in [-0.1, -0.05) is 66.7 Å². The lowest BCUT2D eigenvalue weighted by Crippen LogP contribution is -2.34. The summed E-state index contributed by atoms with van der Waals surface area (Å²) in [5.74, 6) is -0.730. The number of fused-ring (bicyclic) bond motifs is 1. The van der Waals surface area contributed by atoms with Gasteiger partial charge in [0.25, 0.3) is 0 Å². The van der Waals surface area contributed by atoms with Crippen LogP contribution in [0.4, 0.5) is 5.69 Å². The Morgan fingerprint density at radius 1 is 0.862 bits per heavy atom. The smallest absolute Gasteiger partial charge is 0.306 e. The maximum atomic E-state index is 12.1.